The van der Waals surface area contributed by atoms with Crippen LogP contribution in [-0.2, 0) is 14.5 Å². The van der Waals surface area contributed by atoms with Gasteiger partial charge >= 0.3 is 0 Å². The smallest absolute Gasteiger partial charge is 0.277 e. The molecule has 178 valence electrons. The minimum atomic E-state index is -1.49. The standard InChI is InChI=1S/C20H20F3IN4O5/c1-2-25-16(30)10-33-26-9-11-7-13(20(31)28-32-6-5-29)19(18(23)17(11)22)27-15-4-3-12(24)8-14(15)21/h3-4,7-9,27,29H,2,5-6,10H2,1H3,(H,25,30)(H,28,31)/b26-9+. The van der Waals surface area contributed by atoms with Crippen molar-refractivity contribution in [1.82, 2.24) is 10.8 Å². The molecule has 4 N–H and O–H groups in total. The molecule has 0 fully saturated rings. The summed E-state index contributed by atoms with van der Waals surface area (Å²) < 4.78 is 44.4. The number of amides is 2. The maximum Gasteiger partial charge on any atom is 0.277 e. The van der Waals surface area contributed by atoms with Gasteiger partial charge in [-0.1, -0.05) is 5.16 Å². The molecule has 2 aromatic carbocycles. The van der Waals surface area contributed by atoms with E-state index in [1.54, 1.807) is 6.92 Å². The molecule has 0 aliphatic rings. The predicted molar refractivity (Wildman–Crippen MR) is 121 cm³/mol. The predicted octanol–water partition coefficient (Wildman–Crippen LogP) is 2.59. The molecule has 0 aliphatic carbocycles. The zero-order valence-corrected chi connectivity index (χ0v) is 19.4. The molecule has 0 saturated heterocycles. The number of benzene rings is 2. The SMILES string of the molecule is CCNC(=O)CO/N=C/c1cc(C(=O)NOCCO)c(Nc2ccc(I)cc2F)c(F)c1F. The van der Waals surface area contributed by atoms with Gasteiger partial charge in [0.2, 0.25) is 0 Å². The first-order chi connectivity index (χ1) is 15.8. The fourth-order valence-electron chi connectivity index (χ4n) is 2.42. The molecule has 0 atom stereocenters. The molecule has 33 heavy (non-hydrogen) atoms. The number of rotatable bonds is 11. The molecule has 0 unspecified atom stereocenters. The van der Waals surface area contributed by atoms with Crippen molar-refractivity contribution in [3.63, 3.8) is 0 Å². The zero-order chi connectivity index (χ0) is 24.4. The number of carbonyl (C=O) groups excluding carboxylic acids is 2. The van der Waals surface area contributed by atoms with E-state index >= 15 is 0 Å². The van der Waals surface area contributed by atoms with Crippen molar-refractivity contribution in [3.8, 4) is 0 Å². The normalized spacial score (nSPS) is 10.8. The maximum absolute atomic E-state index is 14.9. The Labute approximate surface area is 200 Å². The number of hydrogen-bond donors (Lipinski definition) is 4. The third-order valence-electron chi connectivity index (χ3n) is 3.86. The molecule has 0 heterocycles. The van der Waals surface area contributed by atoms with E-state index in [0.717, 1.165) is 18.3 Å². The monoisotopic (exact) mass is 580 g/mol. The fraction of sp³-hybridized carbons (Fsp3) is 0.250. The van der Waals surface area contributed by atoms with Crippen LogP contribution in [0.25, 0.3) is 0 Å². The summed E-state index contributed by atoms with van der Waals surface area (Å²) in [7, 11) is 0. The van der Waals surface area contributed by atoms with Crippen LogP contribution in [0, 0.1) is 21.0 Å². The van der Waals surface area contributed by atoms with E-state index in [0.29, 0.717) is 10.1 Å². The second-order valence-corrected chi connectivity index (χ2v) is 7.48. The Morgan fingerprint density at radius 3 is 2.64 bits per heavy atom. The van der Waals surface area contributed by atoms with Gasteiger partial charge in [-0.2, -0.15) is 0 Å². The third-order valence-corrected chi connectivity index (χ3v) is 4.54. The van der Waals surface area contributed by atoms with E-state index in [-0.39, 0.29) is 12.3 Å². The molecule has 13 heteroatoms. The largest absolute Gasteiger partial charge is 0.394 e. The van der Waals surface area contributed by atoms with Gasteiger partial charge in [0.25, 0.3) is 11.8 Å². The maximum atomic E-state index is 14.9. The highest BCUT2D eigenvalue weighted by atomic mass is 127. The van der Waals surface area contributed by atoms with Gasteiger partial charge in [-0.3, -0.25) is 14.4 Å². The lowest BCUT2D eigenvalue weighted by Gasteiger charge is -2.15. The van der Waals surface area contributed by atoms with Crippen LogP contribution in [0.4, 0.5) is 24.5 Å². The highest BCUT2D eigenvalue weighted by molar-refractivity contribution is 14.1. The lowest BCUT2D eigenvalue weighted by molar-refractivity contribution is -0.125. The van der Waals surface area contributed by atoms with Crippen LogP contribution in [0.3, 0.4) is 0 Å². The number of carbonyl (C=O) groups is 2. The number of hydroxylamine groups is 1. The van der Waals surface area contributed by atoms with Gasteiger partial charge in [0.15, 0.2) is 18.2 Å². The average molecular weight is 580 g/mol. The van der Waals surface area contributed by atoms with Crippen LogP contribution in [0.15, 0.2) is 29.4 Å². The highest BCUT2D eigenvalue weighted by Gasteiger charge is 2.23. The molecule has 0 bridgehead atoms. The lowest BCUT2D eigenvalue weighted by Crippen LogP contribution is -2.27. The Bertz CT molecular complexity index is 1040. The van der Waals surface area contributed by atoms with Crippen LogP contribution in [0.2, 0.25) is 0 Å². The Morgan fingerprint density at radius 1 is 1.21 bits per heavy atom. The summed E-state index contributed by atoms with van der Waals surface area (Å²) in [5.41, 5.74) is 0.179. The van der Waals surface area contributed by atoms with E-state index in [9.17, 15) is 22.8 Å². The van der Waals surface area contributed by atoms with Gasteiger partial charge in [-0.05, 0) is 53.8 Å². The molecule has 0 aromatic heterocycles. The molecular weight excluding hydrogens is 560 g/mol. The molecule has 9 nitrogen and oxygen atoms in total. The average Bonchev–Trinajstić information content (AvgIpc) is 2.77. The van der Waals surface area contributed by atoms with E-state index in [1.165, 1.54) is 12.1 Å². The highest BCUT2D eigenvalue weighted by Crippen LogP contribution is 2.30. The number of aliphatic hydroxyl groups is 1. The second kappa shape index (κ2) is 13.0. The van der Waals surface area contributed by atoms with Gasteiger partial charge in [0.1, 0.15) is 5.82 Å². The Balaban J connectivity index is 2.39. The van der Waals surface area contributed by atoms with Gasteiger partial charge < -0.3 is 20.6 Å². The minimum absolute atomic E-state index is 0.203. The summed E-state index contributed by atoms with van der Waals surface area (Å²) >= 11 is 1.88. The number of nitrogens with zero attached hydrogens (tertiary/aromatic N) is 1. The van der Waals surface area contributed by atoms with Gasteiger partial charge in [0, 0.05) is 15.7 Å². The first kappa shape index (κ1) is 26.3. The van der Waals surface area contributed by atoms with Crippen molar-refractivity contribution in [2.75, 3.05) is 31.7 Å². The summed E-state index contributed by atoms with van der Waals surface area (Å²) in [4.78, 5) is 33.3. The Kier molecular flexibility index (Phi) is 10.3. The molecule has 2 amide bonds. The topological polar surface area (TPSA) is 121 Å². The molecule has 2 rings (SSSR count). The third kappa shape index (κ3) is 7.57. The summed E-state index contributed by atoms with van der Waals surface area (Å²) in [6, 6.07) is 4.91. The number of oxime groups is 1. The summed E-state index contributed by atoms with van der Waals surface area (Å²) in [6.07, 6.45) is 0.776. The number of likely N-dealkylation sites (N-methyl/N-ethyl adjacent to an activating group) is 1. The van der Waals surface area contributed by atoms with Crippen LogP contribution < -0.4 is 16.1 Å². The molecule has 0 radical (unpaired) electrons. The molecule has 0 spiro atoms. The van der Waals surface area contributed by atoms with Crippen LogP contribution in [0.5, 0.6) is 0 Å². The van der Waals surface area contributed by atoms with E-state index in [1.807, 2.05) is 28.1 Å². The molecule has 2 aromatic rings. The summed E-state index contributed by atoms with van der Waals surface area (Å²) in [5.74, 6) is -5.13. The summed E-state index contributed by atoms with van der Waals surface area (Å²) in [6.45, 7) is 0.957. The second-order valence-electron chi connectivity index (χ2n) is 6.23. The Hall–Kier alpha value is -2.91. The van der Waals surface area contributed by atoms with Crippen molar-refractivity contribution >= 4 is 52.0 Å². The minimum Gasteiger partial charge on any atom is -0.394 e. The molecule has 0 aliphatic heterocycles. The van der Waals surface area contributed by atoms with Crippen molar-refractivity contribution in [1.29, 1.82) is 0 Å². The first-order valence-corrected chi connectivity index (χ1v) is 10.5. The zero-order valence-electron chi connectivity index (χ0n) is 17.3. The van der Waals surface area contributed by atoms with Crippen molar-refractivity contribution < 1.29 is 37.5 Å². The number of hydrogen-bond acceptors (Lipinski definition) is 7. The van der Waals surface area contributed by atoms with Crippen molar-refractivity contribution in [2.45, 2.75) is 6.92 Å². The Morgan fingerprint density at radius 2 is 1.97 bits per heavy atom. The van der Waals surface area contributed by atoms with Crippen molar-refractivity contribution in [3.05, 3.63) is 56.4 Å². The van der Waals surface area contributed by atoms with Gasteiger partial charge in [0.05, 0.1) is 36.4 Å². The van der Waals surface area contributed by atoms with E-state index in [2.05, 4.69) is 15.8 Å². The van der Waals surface area contributed by atoms with Crippen LogP contribution in [-0.4, -0.2) is 49.5 Å². The lowest BCUT2D eigenvalue weighted by atomic mass is 10.1. The number of aliphatic hydroxyl groups excluding tert-OH is 1. The first-order valence-electron chi connectivity index (χ1n) is 9.47. The number of halogens is 4. The van der Waals surface area contributed by atoms with E-state index in [4.69, 9.17) is 14.8 Å². The molecular formula is C20H20F3IN4O5. The summed E-state index contributed by atoms with van der Waals surface area (Å²) in [5, 5.41) is 17.0. The quantitative estimate of drug-likeness (QED) is 0.140. The van der Waals surface area contributed by atoms with Crippen molar-refractivity contribution in [2.24, 2.45) is 5.16 Å². The molecule has 0 saturated carbocycles. The van der Waals surface area contributed by atoms with E-state index < -0.39 is 59.3 Å². The van der Waals surface area contributed by atoms with Gasteiger partial charge in [-0.25, -0.2) is 18.7 Å². The number of anilines is 2. The van der Waals surface area contributed by atoms with Gasteiger partial charge in [-0.15, -0.1) is 0 Å². The fourth-order valence-corrected chi connectivity index (χ4v) is 2.88. The van der Waals surface area contributed by atoms with Crippen LogP contribution in [0.1, 0.15) is 22.8 Å². The number of nitrogens with one attached hydrogen (secondary N) is 3. The van der Waals surface area contributed by atoms with Crippen LogP contribution >= 0.6 is 22.6 Å².